The lowest BCUT2D eigenvalue weighted by Crippen LogP contribution is -2.30. The van der Waals surface area contributed by atoms with E-state index in [1.165, 1.54) is 0 Å². The molecular formula is C27H32N6O4. The molecule has 0 bridgehead atoms. The predicted molar refractivity (Wildman–Crippen MR) is 139 cm³/mol. The maximum Gasteiger partial charge on any atom is 0.340 e. The highest BCUT2D eigenvalue weighted by Crippen LogP contribution is 2.35. The lowest BCUT2D eigenvalue weighted by atomic mass is 9.93. The highest BCUT2D eigenvalue weighted by molar-refractivity contribution is 5.93. The molecule has 3 aromatic heterocycles. The maximum absolute atomic E-state index is 12.3. The van der Waals surface area contributed by atoms with E-state index >= 15 is 0 Å². The van der Waals surface area contributed by atoms with E-state index in [-0.39, 0.29) is 30.0 Å². The molecule has 0 radical (unpaired) electrons. The molecule has 5 heterocycles. The molecule has 0 aliphatic carbocycles. The summed E-state index contributed by atoms with van der Waals surface area (Å²) in [6.45, 7) is 10.5. The average molecular weight is 505 g/mol. The zero-order chi connectivity index (χ0) is 26.5. The number of nitrogens with one attached hydrogen (secondary N) is 1. The molecule has 37 heavy (non-hydrogen) atoms. The fourth-order valence-corrected chi connectivity index (χ4v) is 4.81. The SMILES string of the molecule is CC(=O)N1CC[C@H](Oc2ncc(C(C)(C)N)c3cc(Nc4ccc5c(n4)[C@@H](C)[C@H](C)OC5=O)ncc23)C1. The number of carbonyl (C=O) groups excluding carboxylic acids is 2. The Morgan fingerprint density at radius 3 is 2.68 bits per heavy atom. The van der Waals surface area contributed by atoms with Gasteiger partial charge in [0, 0.05) is 43.7 Å². The molecule has 3 N–H and O–H groups in total. The van der Waals surface area contributed by atoms with Crippen LogP contribution in [0.3, 0.4) is 0 Å². The van der Waals surface area contributed by atoms with E-state index in [4.69, 9.17) is 20.2 Å². The number of nitrogens with zero attached hydrogens (tertiary/aromatic N) is 4. The van der Waals surface area contributed by atoms with Crippen LogP contribution in [0.25, 0.3) is 10.8 Å². The zero-order valence-electron chi connectivity index (χ0n) is 21.7. The molecule has 5 rings (SSSR count). The Bertz CT molecular complexity index is 1390. The van der Waals surface area contributed by atoms with Crippen LogP contribution >= 0.6 is 0 Å². The minimum Gasteiger partial charge on any atom is -0.472 e. The van der Waals surface area contributed by atoms with Crippen LogP contribution in [0.5, 0.6) is 5.88 Å². The number of anilines is 2. The van der Waals surface area contributed by atoms with Crippen molar-refractivity contribution in [2.75, 3.05) is 18.4 Å². The van der Waals surface area contributed by atoms with Crippen molar-refractivity contribution in [3.8, 4) is 5.88 Å². The van der Waals surface area contributed by atoms with Crippen LogP contribution in [0.1, 0.15) is 68.6 Å². The molecule has 0 saturated carbocycles. The van der Waals surface area contributed by atoms with Crippen LogP contribution in [-0.2, 0) is 15.1 Å². The van der Waals surface area contributed by atoms with Crippen LogP contribution in [0, 0.1) is 0 Å². The zero-order valence-corrected chi connectivity index (χ0v) is 21.7. The Morgan fingerprint density at radius 2 is 1.97 bits per heavy atom. The van der Waals surface area contributed by atoms with Crippen molar-refractivity contribution in [1.29, 1.82) is 0 Å². The number of cyclic esters (lactones) is 1. The Balaban J connectivity index is 1.48. The van der Waals surface area contributed by atoms with Crippen LogP contribution in [-0.4, -0.2) is 57.0 Å². The second-order valence-electron chi connectivity index (χ2n) is 10.5. The maximum atomic E-state index is 12.3. The predicted octanol–water partition coefficient (Wildman–Crippen LogP) is 3.62. The molecule has 3 atom stereocenters. The number of hydrogen-bond acceptors (Lipinski definition) is 9. The number of nitrogens with two attached hydrogens (primary N) is 1. The number of pyridine rings is 3. The Kier molecular flexibility index (Phi) is 6.23. The van der Waals surface area contributed by atoms with Gasteiger partial charge in [-0.2, -0.15) is 0 Å². The smallest absolute Gasteiger partial charge is 0.340 e. The number of hydrogen-bond donors (Lipinski definition) is 2. The van der Waals surface area contributed by atoms with Crippen molar-refractivity contribution >= 4 is 34.3 Å². The standard InChI is InChI=1S/C27H32N6O4/c1-14-15(2)36-26(35)18-6-7-22(32-24(14)18)31-23-10-19-20(11-29-23)25(30-12-21(19)27(4,5)28)37-17-8-9-33(13-17)16(3)34/h6-7,10-12,14-15,17H,8-9,13,28H2,1-5H3,(H,29,31,32)/t14-,15-,17-/m0/s1. The van der Waals surface area contributed by atoms with Crippen LogP contribution in [0.4, 0.5) is 11.6 Å². The van der Waals surface area contributed by atoms with Gasteiger partial charge in [0.05, 0.1) is 23.2 Å². The highest BCUT2D eigenvalue weighted by atomic mass is 16.5. The number of rotatable bonds is 5. The van der Waals surface area contributed by atoms with Gasteiger partial charge in [-0.05, 0) is 49.9 Å². The fourth-order valence-electron chi connectivity index (χ4n) is 4.81. The summed E-state index contributed by atoms with van der Waals surface area (Å²) in [4.78, 5) is 39.6. The summed E-state index contributed by atoms with van der Waals surface area (Å²) in [7, 11) is 0. The molecule has 2 aliphatic heterocycles. The number of carbonyl (C=O) groups is 2. The molecule has 1 fully saturated rings. The molecule has 0 spiro atoms. The second-order valence-corrected chi connectivity index (χ2v) is 10.5. The highest BCUT2D eigenvalue weighted by Gasteiger charge is 2.32. The van der Waals surface area contributed by atoms with Gasteiger partial charge in [-0.3, -0.25) is 4.79 Å². The third-order valence-electron chi connectivity index (χ3n) is 7.13. The summed E-state index contributed by atoms with van der Waals surface area (Å²) in [6.07, 6.45) is 3.82. The van der Waals surface area contributed by atoms with Crippen molar-refractivity contribution in [1.82, 2.24) is 19.9 Å². The quantitative estimate of drug-likeness (QED) is 0.500. The van der Waals surface area contributed by atoms with Crippen LogP contribution in [0.2, 0.25) is 0 Å². The molecule has 10 heteroatoms. The minimum absolute atomic E-state index is 0.0241. The lowest BCUT2D eigenvalue weighted by molar-refractivity contribution is -0.128. The molecule has 3 aromatic rings. The summed E-state index contributed by atoms with van der Waals surface area (Å²) in [5, 5.41) is 4.87. The van der Waals surface area contributed by atoms with Gasteiger partial charge >= 0.3 is 5.97 Å². The van der Waals surface area contributed by atoms with Crippen molar-refractivity contribution in [2.24, 2.45) is 5.73 Å². The number of ether oxygens (including phenoxy) is 2. The Labute approximate surface area is 215 Å². The van der Waals surface area contributed by atoms with Crippen molar-refractivity contribution in [3.05, 3.63) is 47.4 Å². The van der Waals surface area contributed by atoms with Gasteiger partial charge in [-0.25, -0.2) is 19.7 Å². The minimum atomic E-state index is -0.656. The van der Waals surface area contributed by atoms with Gasteiger partial charge < -0.3 is 25.4 Å². The number of amides is 1. The van der Waals surface area contributed by atoms with Gasteiger partial charge in [0.15, 0.2) is 0 Å². The molecular weight excluding hydrogens is 472 g/mol. The Hall–Kier alpha value is -3.79. The van der Waals surface area contributed by atoms with Gasteiger partial charge in [-0.1, -0.05) is 6.92 Å². The largest absolute Gasteiger partial charge is 0.472 e. The fraction of sp³-hybridized carbons (Fsp3) is 0.444. The lowest BCUT2D eigenvalue weighted by Gasteiger charge is -2.27. The number of fused-ring (bicyclic) bond motifs is 2. The van der Waals surface area contributed by atoms with Crippen molar-refractivity contribution in [2.45, 2.75) is 64.7 Å². The topological polar surface area (TPSA) is 133 Å². The van der Waals surface area contributed by atoms with E-state index in [1.54, 1.807) is 36.4 Å². The molecule has 10 nitrogen and oxygen atoms in total. The van der Waals surface area contributed by atoms with E-state index in [1.807, 2.05) is 33.8 Å². The van der Waals surface area contributed by atoms with E-state index in [0.29, 0.717) is 41.9 Å². The summed E-state index contributed by atoms with van der Waals surface area (Å²) >= 11 is 0. The summed E-state index contributed by atoms with van der Waals surface area (Å²) in [6, 6.07) is 5.38. The first-order valence-electron chi connectivity index (χ1n) is 12.5. The normalized spacial score (nSPS) is 21.5. The van der Waals surface area contributed by atoms with Gasteiger partial charge in [-0.15, -0.1) is 0 Å². The van der Waals surface area contributed by atoms with Crippen molar-refractivity contribution < 1.29 is 19.1 Å². The summed E-state index contributed by atoms with van der Waals surface area (Å²) in [5.41, 5.74) is 7.87. The molecule has 1 saturated heterocycles. The molecule has 194 valence electrons. The number of aromatic nitrogens is 3. The van der Waals surface area contributed by atoms with Gasteiger partial charge in [0.1, 0.15) is 23.8 Å². The first-order valence-corrected chi connectivity index (χ1v) is 12.5. The van der Waals surface area contributed by atoms with E-state index < -0.39 is 5.54 Å². The Morgan fingerprint density at radius 1 is 1.19 bits per heavy atom. The van der Waals surface area contributed by atoms with E-state index in [9.17, 15) is 9.59 Å². The average Bonchev–Trinajstić information content (AvgIpc) is 3.31. The van der Waals surface area contributed by atoms with Crippen LogP contribution in [0.15, 0.2) is 30.6 Å². The molecule has 2 aliphatic rings. The van der Waals surface area contributed by atoms with Crippen LogP contribution < -0.4 is 15.8 Å². The summed E-state index contributed by atoms with van der Waals surface area (Å²) in [5.74, 6) is 1.28. The third kappa shape index (κ3) is 4.81. The second kappa shape index (κ2) is 9.26. The number of likely N-dealkylation sites (tertiary alicyclic amines) is 1. The monoisotopic (exact) mass is 504 g/mol. The molecule has 0 unspecified atom stereocenters. The van der Waals surface area contributed by atoms with Gasteiger partial charge in [0.2, 0.25) is 11.8 Å². The first kappa shape index (κ1) is 24.9. The van der Waals surface area contributed by atoms with Gasteiger partial charge in [0.25, 0.3) is 0 Å². The first-order chi connectivity index (χ1) is 17.5. The summed E-state index contributed by atoms with van der Waals surface area (Å²) < 4.78 is 11.6. The number of esters is 1. The van der Waals surface area contributed by atoms with E-state index in [0.717, 1.165) is 22.8 Å². The third-order valence-corrected chi connectivity index (χ3v) is 7.13. The van der Waals surface area contributed by atoms with E-state index in [2.05, 4.69) is 15.3 Å². The van der Waals surface area contributed by atoms with Crippen molar-refractivity contribution in [3.63, 3.8) is 0 Å². The molecule has 0 aromatic carbocycles. The molecule has 1 amide bonds.